The molecule has 0 radical (unpaired) electrons. The van der Waals surface area contributed by atoms with Crippen molar-refractivity contribution in [1.29, 1.82) is 0 Å². The molecule has 0 saturated heterocycles. The van der Waals surface area contributed by atoms with Crippen LogP contribution in [0.25, 0.3) is 17.2 Å². The molecule has 3 aromatic rings. The zero-order chi connectivity index (χ0) is 16.9. The molecule has 1 amide bonds. The number of hydrogen-bond acceptors (Lipinski definition) is 5. The zero-order valence-corrected chi connectivity index (χ0v) is 13.3. The van der Waals surface area contributed by atoms with E-state index in [1.165, 1.54) is 19.3 Å². The molecule has 6 nitrogen and oxygen atoms in total. The summed E-state index contributed by atoms with van der Waals surface area (Å²) in [6.07, 6.45) is 2.87. The number of amides is 1. The summed E-state index contributed by atoms with van der Waals surface area (Å²) in [6, 6.07) is 12.6. The van der Waals surface area contributed by atoms with Crippen LogP contribution in [0.5, 0.6) is 11.5 Å². The predicted molar refractivity (Wildman–Crippen MR) is 91.2 cm³/mol. The lowest BCUT2D eigenvalue weighted by Gasteiger charge is -2.10. The molecule has 122 valence electrons. The molecule has 0 spiro atoms. The first-order valence-electron chi connectivity index (χ1n) is 7.26. The van der Waals surface area contributed by atoms with Gasteiger partial charge in [0.1, 0.15) is 17.0 Å². The number of methoxy groups -OCH3 is 2. The lowest BCUT2D eigenvalue weighted by Crippen LogP contribution is -2.09. The summed E-state index contributed by atoms with van der Waals surface area (Å²) in [5.74, 6) is 1.21. The highest BCUT2D eigenvalue weighted by Crippen LogP contribution is 2.29. The Morgan fingerprint density at radius 1 is 1.17 bits per heavy atom. The Hall–Kier alpha value is -3.28. The Morgan fingerprint density at radius 2 is 2.00 bits per heavy atom. The minimum absolute atomic E-state index is 0.319. The van der Waals surface area contributed by atoms with Crippen molar-refractivity contribution in [2.24, 2.45) is 0 Å². The quantitative estimate of drug-likeness (QED) is 0.727. The van der Waals surface area contributed by atoms with Crippen molar-refractivity contribution in [3.05, 3.63) is 54.4 Å². The lowest BCUT2D eigenvalue weighted by atomic mass is 10.2. The van der Waals surface area contributed by atoms with Crippen molar-refractivity contribution in [3.8, 4) is 11.5 Å². The molecule has 0 aliphatic carbocycles. The van der Waals surface area contributed by atoms with Gasteiger partial charge in [0, 0.05) is 18.2 Å². The lowest BCUT2D eigenvalue weighted by molar-refractivity contribution is -0.111. The van der Waals surface area contributed by atoms with Gasteiger partial charge in [-0.1, -0.05) is 12.1 Å². The molecule has 0 saturated carbocycles. The van der Waals surface area contributed by atoms with Crippen LogP contribution in [0.4, 0.5) is 5.69 Å². The Kier molecular flexibility index (Phi) is 4.47. The van der Waals surface area contributed by atoms with Crippen LogP contribution in [-0.4, -0.2) is 25.1 Å². The molecule has 24 heavy (non-hydrogen) atoms. The minimum Gasteiger partial charge on any atom is -0.497 e. The monoisotopic (exact) mass is 324 g/mol. The summed E-state index contributed by atoms with van der Waals surface area (Å²) in [5.41, 5.74) is 1.97. The summed E-state index contributed by atoms with van der Waals surface area (Å²) in [7, 11) is 3.09. The van der Waals surface area contributed by atoms with E-state index in [0.717, 1.165) is 5.52 Å². The smallest absolute Gasteiger partial charge is 0.248 e. The van der Waals surface area contributed by atoms with E-state index >= 15 is 0 Å². The van der Waals surface area contributed by atoms with Gasteiger partial charge in [-0.2, -0.15) is 0 Å². The third kappa shape index (κ3) is 3.38. The second-order valence-corrected chi connectivity index (χ2v) is 4.91. The first-order valence-corrected chi connectivity index (χ1v) is 7.26. The van der Waals surface area contributed by atoms with E-state index in [-0.39, 0.29) is 5.91 Å². The van der Waals surface area contributed by atoms with Gasteiger partial charge in [0.05, 0.1) is 19.9 Å². The molecule has 0 unspecified atom stereocenters. The molecule has 0 atom stereocenters. The van der Waals surface area contributed by atoms with Gasteiger partial charge in [0.25, 0.3) is 0 Å². The van der Waals surface area contributed by atoms with Gasteiger partial charge < -0.3 is 19.2 Å². The fourth-order valence-electron chi connectivity index (χ4n) is 2.18. The number of nitrogens with one attached hydrogen (secondary N) is 1. The van der Waals surface area contributed by atoms with Crippen molar-refractivity contribution in [1.82, 2.24) is 4.98 Å². The summed E-state index contributed by atoms with van der Waals surface area (Å²) < 4.78 is 15.9. The molecule has 1 heterocycles. The van der Waals surface area contributed by atoms with Gasteiger partial charge in [-0.05, 0) is 24.3 Å². The van der Waals surface area contributed by atoms with Crippen LogP contribution in [0.2, 0.25) is 0 Å². The third-order valence-corrected chi connectivity index (χ3v) is 3.35. The van der Waals surface area contributed by atoms with E-state index in [9.17, 15) is 4.79 Å². The number of aromatic nitrogens is 1. The highest BCUT2D eigenvalue weighted by Gasteiger charge is 2.08. The Labute approximate surface area is 138 Å². The number of anilines is 1. The Morgan fingerprint density at radius 3 is 2.75 bits per heavy atom. The van der Waals surface area contributed by atoms with Crippen LogP contribution < -0.4 is 14.8 Å². The Balaban J connectivity index is 1.73. The number of carbonyl (C=O) groups is 1. The summed E-state index contributed by atoms with van der Waals surface area (Å²) in [5, 5.41) is 2.74. The van der Waals surface area contributed by atoms with Crippen LogP contribution in [0.1, 0.15) is 5.89 Å². The van der Waals surface area contributed by atoms with E-state index in [0.29, 0.717) is 28.7 Å². The van der Waals surface area contributed by atoms with Crippen LogP contribution in [0.3, 0.4) is 0 Å². The first kappa shape index (κ1) is 15.6. The number of oxazole rings is 1. The highest BCUT2D eigenvalue weighted by atomic mass is 16.5. The number of carbonyl (C=O) groups excluding carboxylic acids is 1. The molecule has 6 heteroatoms. The number of para-hydroxylation sites is 2. The molecule has 1 N–H and O–H groups in total. The molecule has 0 aliphatic heterocycles. The molecular weight excluding hydrogens is 308 g/mol. The predicted octanol–water partition coefficient (Wildman–Crippen LogP) is 3.50. The van der Waals surface area contributed by atoms with E-state index < -0.39 is 0 Å². The second kappa shape index (κ2) is 6.87. The second-order valence-electron chi connectivity index (χ2n) is 4.91. The molecule has 1 aromatic heterocycles. The number of hydrogen-bond donors (Lipinski definition) is 1. The van der Waals surface area contributed by atoms with Gasteiger partial charge in [-0.3, -0.25) is 4.79 Å². The fourth-order valence-corrected chi connectivity index (χ4v) is 2.18. The Bertz CT molecular complexity index is 866. The van der Waals surface area contributed by atoms with Gasteiger partial charge in [0.15, 0.2) is 5.58 Å². The largest absolute Gasteiger partial charge is 0.497 e. The molecular formula is C18H16N2O4. The van der Waals surface area contributed by atoms with Crippen LogP contribution in [0.15, 0.2) is 53.0 Å². The minimum atomic E-state index is -0.319. The van der Waals surface area contributed by atoms with E-state index in [1.807, 2.05) is 24.3 Å². The number of nitrogens with zero attached hydrogens (tertiary/aromatic N) is 1. The summed E-state index contributed by atoms with van der Waals surface area (Å²) in [6.45, 7) is 0. The average Bonchev–Trinajstić information content (AvgIpc) is 3.03. The normalized spacial score (nSPS) is 10.9. The van der Waals surface area contributed by atoms with Gasteiger partial charge in [-0.15, -0.1) is 0 Å². The molecule has 0 aliphatic rings. The van der Waals surface area contributed by atoms with Crippen LogP contribution in [-0.2, 0) is 4.79 Å². The molecule has 2 aromatic carbocycles. The SMILES string of the molecule is COc1ccc(NC(=O)/C=C/c2nc3ccccc3o2)c(OC)c1. The van der Waals surface area contributed by atoms with Crippen molar-refractivity contribution in [2.75, 3.05) is 19.5 Å². The number of fused-ring (bicyclic) bond motifs is 1. The molecule has 0 bridgehead atoms. The van der Waals surface area contributed by atoms with E-state index in [4.69, 9.17) is 13.9 Å². The molecule has 0 fully saturated rings. The van der Waals surface area contributed by atoms with Crippen molar-refractivity contribution in [3.63, 3.8) is 0 Å². The van der Waals surface area contributed by atoms with Gasteiger partial charge in [0.2, 0.25) is 11.8 Å². The van der Waals surface area contributed by atoms with Crippen molar-refractivity contribution >= 4 is 28.8 Å². The maximum absolute atomic E-state index is 12.1. The van der Waals surface area contributed by atoms with E-state index in [1.54, 1.807) is 25.3 Å². The zero-order valence-electron chi connectivity index (χ0n) is 13.3. The number of rotatable bonds is 5. The fraction of sp³-hybridized carbons (Fsp3) is 0.111. The maximum atomic E-state index is 12.1. The average molecular weight is 324 g/mol. The van der Waals surface area contributed by atoms with E-state index in [2.05, 4.69) is 10.3 Å². The van der Waals surface area contributed by atoms with Gasteiger partial charge >= 0.3 is 0 Å². The maximum Gasteiger partial charge on any atom is 0.248 e. The topological polar surface area (TPSA) is 73.6 Å². The van der Waals surface area contributed by atoms with Crippen molar-refractivity contribution in [2.45, 2.75) is 0 Å². The first-order chi connectivity index (χ1) is 11.7. The highest BCUT2D eigenvalue weighted by molar-refractivity contribution is 6.02. The number of benzene rings is 2. The van der Waals surface area contributed by atoms with Gasteiger partial charge in [-0.25, -0.2) is 4.98 Å². The van der Waals surface area contributed by atoms with Crippen LogP contribution in [0, 0.1) is 0 Å². The van der Waals surface area contributed by atoms with Crippen LogP contribution >= 0.6 is 0 Å². The summed E-state index contributed by atoms with van der Waals surface area (Å²) >= 11 is 0. The number of ether oxygens (including phenoxy) is 2. The van der Waals surface area contributed by atoms with Crippen molar-refractivity contribution < 1.29 is 18.7 Å². The third-order valence-electron chi connectivity index (χ3n) is 3.35. The summed E-state index contributed by atoms with van der Waals surface area (Å²) in [4.78, 5) is 16.3. The molecule has 3 rings (SSSR count). The standard InChI is InChI=1S/C18H16N2O4/c1-22-12-7-8-14(16(11-12)23-2)19-17(21)9-10-18-20-13-5-3-4-6-15(13)24-18/h3-11H,1-2H3,(H,19,21)/b10-9+.